The van der Waals surface area contributed by atoms with Crippen LogP contribution in [0.15, 0.2) is 22.7 Å². The maximum absolute atomic E-state index is 12.3. The number of nitrogens with two attached hydrogens (primary N) is 1. The van der Waals surface area contributed by atoms with Gasteiger partial charge in [-0.1, -0.05) is 18.9 Å². The van der Waals surface area contributed by atoms with Crippen LogP contribution < -0.4 is 11.1 Å². The van der Waals surface area contributed by atoms with Crippen LogP contribution in [0.4, 0.5) is 5.69 Å². The third-order valence-corrected chi connectivity index (χ3v) is 4.31. The molecule has 4 N–H and O–H groups in total. The number of carbonyl (C=O) groups excluding carboxylic acids is 1. The van der Waals surface area contributed by atoms with Gasteiger partial charge in [-0.15, -0.1) is 0 Å². The third-order valence-electron chi connectivity index (χ3n) is 3.65. The van der Waals surface area contributed by atoms with E-state index in [2.05, 4.69) is 21.2 Å². The lowest BCUT2D eigenvalue weighted by molar-refractivity contribution is -0.121. The lowest BCUT2D eigenvalue weighted by Gasteiger charge is -2.27. The standard InChI is InChI=1S/C14H17BrN2O3/c15-10-6-3-5-9(14(19)20)12(10)17-13(18)8-4-1-2-7-11(8)16/h3,5-6,8,11H,1-2,4,7,16H2,(H,17,18)(H,19,20). The number of aromatic carboxylic acids is 1. The number of carboxylic acid groups (broad SMARTS) is 1. The van der Waals surface area contributed by atoms with Crippen LogP contribution in [0.1, 0.15) is 36.0 Å². The summed E-state index contributed by atoms with van der Waals surface area (Å²) in [5, 5.41) is 11.9. The molecule has 0 aromatic heterocycles. The van der Waals surface area contributed by atoms with Crippen molar-refractivity contribution in [3.05, 3.63) is 28.2 Å². The SMILES string of the molecule is NC1CCCCC1C(=O)Nc1c(Br)cccc1C(=O)O. The summed E-state index contributed by atoms with van der Waals surface area (Å²) < 4.78 is 0.551. The average molecular weight is 341 g/mol. The van der Waals surface area contributed by atoms with Crippen molar-refractivity contribution < 1.29 is 14.7 Å². The third kappa shape index (κ3) is 3.19. The van der Waals surface area contributed by atoms with Gasteiger partial charge < -0.3 is 16.2 Å². The van der Waals surface area contributed by atoms with Gasteiger partial charge in [-0.2, -0.15) is 0 Å². The Hall–Kier alpha value is -1.40. The first-order chi connectivity index (χ1) is 9.50. The van der Waals surface area contributed by atoms with Crippen LogP contribution >= 0.6 is 15.9 Å². The summed E-state index contributed by atoms with van der Waals surface area (Å²) in [5.74, 6) is -1.53. The van der Waals surface area contributed by atoms with E-state index < -0.39 is 5.97 Å². The van der Waals surface area contributed by atoms with E-state index in [1.807, 2.05) is 0 Å². The number of para-hydroxylation sites is 1. The normalized spacial score (nSPS) is 22.3. The monoisotopic (exact) mass is 340 g/mol. The molecule has 1 aromatic rings. The van der Waals surface area contributed by atoms with E-state index in [0.29, 0.717) is 10.2 Å². The van der Waals surface area contributed by atoms with Crippen LogP contribution in [-0.2, 0) is 4.79 Å². The van der Waals surface area contributed by atoms with Crippen molar-refractivity contribution in [1.82, 2.24) is 0 Å². The van der Waals surface area contributed by atoms with Crippen LogP contribution in [0, 0.1) is 5.92 Å². The molecule has 0 heterocycles. The number of hydrogen-bond donors (Lipinski definition) is 3. The Morgan fingerprint density at radius 1 is 1.30 bits per heavy atom. The Morgan fingerprint density at radius 3 is 2.65 bits per heavy atom. The van der Waals surface area contributed by atoms with Gasteiger partial charge in [-0.3, -0.25) is 4.79 Å². The molecule has 1 saturated carbocycles. The second-order valence-corrected chi connectivity index (χ2v) is 5.87. The van der Waals surface area contributed by atoms with Crippen LogP contribution in [0.25, 0.3) is 0 Å². The molecule has 2 atom stereocenters. The summed E-state index contributed by atoms with van der Waals surface area (Å²) in [6.45, 7) is 0. The highest BCUT2D eigenvalue weighted by atomic mass is 79.9. The maximum atomic E-state index is 12.3. The zero-order valence-corrected chi connectivity index (χ0v) is 12.5. The Labute approximate surface area is 125 Å². The van der Waals surface area contributed by atoms with E-state index in [1.54, 1.807) is 12.1 Å². The van der Waals surface area contributed by atoms with Gasteiger partial charge in [0.15, 0.2) is 0 Å². The number of amides is 1. The quantitative estimate of drug-likeness (QED) is 0.788. The van der Waals surface area contributed by atoms with Crippen molar-refractivity contribution in [2.45, 2.75) is 31.7 Å². The number of rotatable bonds is 3. The van der Waals surface area contributed by atoms with Crippen molar-refractivity contribution in [2.75, 3.05) is 5.32 Å². The van der Waals surface area contributed by atoms with Crippen molar-refractivity contribution in [1.29, 1.82) is 0 Å². The van der Waals surface area contributed by atoms with Gasteiger partial charge >= 0.3 is 5.97 Å². The van der Waals surface area contributed by atoms with Crippen molar-refractivity contribution in [3.63, 3.8) is 0 Å². The van der Waals surface area contributed by atoms with Crippen molar-refractivity contribution in [3.8, 4) is 0 Å². The van der Waals surface area contributed by atoms with E-state index >= 15 is 0 Å². The van der Waals surface area contributed by atoms with Crippen LogP contribution in [0.3, 0.4) is 0 Å². The molecule has 2 rings (SSSR count). The average Bonchev–Trinajstić information content (AvgIpc) is 2.41. The van der Waals surface area contributed by atoms with Gasteiger partial charge in [0.2, 0.25) is 5.91 Å². The molecule has 1 fully saturated rings. The second-order valence-electron chi connectivity index (χ2n) is 5.01. The van der Waals surface area contributed by atoms with E-state index in [-0.39, 0.29) is 23.4 Å². The molecular weight excluding hydrogens is 324 g/mol. The topological polar surface area (TPSA) is 92.4 Å². The van der Waals surface area contributed by atoms with Crippen molar-refractivity contribution >= 4 is 33.5 Å². The van der Waals surface area contributed by atoms with Gasteiger partial charge in [0.05, 0.1) is 17.2 Å². The molecule has 0 saturated heterocycles. The van der Waals surface area contributed by atoms with E-state index in [1.165, 1.54) is 6.07 Å². The lowest BCUT2D eigenvalue weighted by atomic mass is 9.84. The summed E-state index contributed by atoms with van der Waals surface area (Å²) in [7, 11) is 0. The number of halogens is 1. The summed E-state index contributed by atoms with van der Waals surface area (Å²) >= 11 is 3.27. The minimum atomic E-state index is -1.07. The van der Waals surface area contributed by atoms with Gasteiger partial charge in [0.25, 0.3) is 0 Å². The maximum Gasteiger partial charge on any atom is 0.337 e. The number of benzene rings is 1. The highest BCUT2D eigenvalue weighted by Crippen LogP contribution is 2.29. The molecule has 20 heavy (non-hydrogen) atoms. The number of nitrogens with one attached hydrogen (secondary N) is 1. The van der Waals surface area contributed by atoms with E-state index in [0.717, 1.165) is 25.7 Å². The Kier molecular flexibility index (Phi) is 4.77. The van der Waals surface area contributed by atoms with Gasteiger partial charge in [0.1, 0.15) is 0 Å². The fourth-order valence-corrected chi connectivity index (χ4v) is 3.00. The molecular formula is C14H17BrN2O3. The molecule has 0 aliphatic heterocycles. The minimum absolute atomic E-state index is 0.0668. The molecule has 108 valence electrons. The number of carboxylic acids is 1. The predicted molar refractivity (Wildman–Crippen MR) is 79.7 cm³/mol. The molecule has 0 bridgehead atoms. The number of anilines is 1. The molecule has 5 nitrogen and oxygen atoms in total. The molecule has 2 unspecified atom stereocenters. The summed E-state index contributed by atoms with van der Waals surface area (Å²) in [6, 6.07) is 4.63. The predicted octanol–water partition coefficient (Wildman–Crippen LogP) is 2.60. The summed E-state index contributed by atoms with van der Waals surface area (Å²) in [6.07, 6.45) is 3.60. The first-order valence-electron chi connectivity index (χ1n) is 6.59. The van der Waals surface area contributed by atoms with Gasteiger partial charge in [0, 0.05) is 10.5 Å². The smallest absolute Gasteiger partial charge is 0.337 e. The van der Waals surface area contributed by atoms with Gasteiger partial charge in [-0.05, 0) is 40.9 Å². The molecule has 1 aliphatic carbocycles. The van der Waals surface area contributed by atoms with E-state index in [9.17, 15) is 9.59 Å². The fourth-order valence-electron chi connectivity index (χ4n) is 2.53. The highest BCUT2D eigenvalue weighted by Gasteiger charge is 2.29. The largest absolute Gasteiger partial charge is 0.478 e. The number of hydrogen-bond acceptors (Lipinski definition) is 3. The zero-order chi connectivity index (χ0) is 14.7. The molecule has 1 amide bonds. The molecule has 1 aromatic carbocycles. The molecule has 1 aliphatic rings. The zero-order valence-electron chi connectivity index (χ0n) is 10.9. The Balaban J connectivity index is 2.21. The Morgan fingerprint density at radius 2 is 2.00 bits per heavy atom. The summed E-state index contributed by atoms with van der Waals surface area (Å²) in [5.41, 5.74) is 6.34. The second kappa shape index (κ2) is 6.37. The minimum Gasteiger partial charge on any atom is -0.478 e. The van der Waals surface area contributed by atoms with Crippen molar-refractivity contribution in [2.24, 2.45) is 11.7 Å². The van der Waals surface area contributed by atoms with Crippen LogP contribution in [0.2, 0.25) is 0 Å². The van der Waals surface area contributed by atoms with Crippen LogP contribution in [0.5, 0.6) is 0 Å². The highest BCUT2D eigenvalue weighted by molar-refractivity contribution is 9.10. The number of carbonyl (C=O) groups is 2. The summed E-state index contributed by atoms with van der Waals surface area (Å²) in [4.78, 5) is 23.5. The van der Waals surface area contributed by atoms with Gasteiger partial charge in [-0.25, -0.2) is 4.79 Å². The lowest BCUT2D eigenvalue weighted by Crippen LogP contribution is -2.41. The molecule has 0 spiro atoms. The van der Waals surface area contributed by atoms with Crippen LogP contribution in [-0.4, -0.2) is 23.0 Å². The van der Waals surface area contributed by atoms with E-state index in [4.69, 9.17) is 10.8 Å². The Bertz CT molecular complexity index is 533. The fraction of sp³-hybridized carbons (Fsp3) is 0.429. The molecule has 6 heteroatoms. The molecule has 0 radical (unpaired) electrons. The first kappa shape index (κ1) is 15.0. The first-order valence-corrected chi connectivity index (χ1v) is 7.38.